The van der Waals surface area contributed by atoms with Crippen LogP contribution in [-0.4, -0.2) is 37.4 Å². The van der Waals surface area contributed by atoms with Crippen LogP contribution in [0.15, 0.2) is 18.2 Å². The van der Waals surface area contributed by atoms with Crippen LogP contribution in [0.2, 0.25) is 10.0 Å². The molecule has 25 heavy (non-hydrogen) atoms. The lowest BCUT2D eigenvalue weighted by Gasteiger charge is -2.37. The van der Waals surface area contributed by atoms with Crippen molar-refractivity contribution in [2.24, 2.45) is 0 Å². The van der Waals surface area contributed by atoms with E-state index in [1.165, 1.54) is 0 Å². The molecule has 2 unspecified atom stereocenters. The molecule has 0 radical (unpaired) electrons. The van der Waals surface area contributed by atoms with E-state index in [-0.39, 0.29) is 19.1 Å². The summed E-state index contributed by atoms with van der Waals surface area (Å²) in [5, 5.41) is 0.869. The Labute approximate surface area is 157 Å². The number of ether oxygens (including phenoxy) is 3. The summed E-state index contributed by atoms with van der Waals surface area (Å²) in [6.45, 7) is 1.94. The fourth-order valence-corrected chi connectivity index (χ4v) is 3.52. The van der Waals surface area contributed by atoms with Crippen LogP contribution < -0.4 is 0 Å². The first-order valence-electron chi connectivity index (χ1n) is 8.26. The van der Waals surface area contributed by atoms with Crippen LogP contribution in [0.4, 0.5) is 0 Å². The van der Waals surface area contributed by atoms with Crippen LogP contribution in [0.5, 0.6) is 0 Å². The summed E-state index contributed by atoms with van der Waals surface area (Å²) in [7, 11) is 1.58. The number of esters is 2. The molecule has 0 aromatic heterocycles. The summed E-state index contributed by atoms with van der Waals surface area (Å²) in [5.74, 6) is -1.05. The molecule has 0 saturated heterocycles. The van der Waals surface area contributed by atoms with Gasteiger partial charge in [0.05, 0.1) is 19.1 Å². The van der Waals surface area contributed by atoms with E-state index in [1.54, 1.807) is 32.2 Å². The van der Waals surface area contributed by atoms with Gasteiger partial charge in [0.2, 0.25) is 5.60 Å². The predicted octanol–water partition coefficient (Wildman–Crippen LogP) is 3.97. The van der Waals surface area contributed by atoms with Gasteiger partial charge in [0.1, 0.15) is 0 Å². The number of carbonyl (C=O) groups is 2. The van der Waals surface area contributed by atoms with E-state index >= 15 is 0 Å². The first kappa shape index (κ1) is 20.0. The zero-order valence-corrected chi connectivity index (χ0v) is 15.9. The average Bonchev–Trinajstić information content (AvgIpc) is 2.57. The third kappa shape index (κ3) is 5.09. The molecule has 1 aliphatic carbocycles. The molecular formula is C18H22Cl2O5. The van der Waals surface area contributed by atoms with Crippen LogP contribution in [0.25, 0.3) is 0 Å². The number of rotatable bonds is 6. The van der Waals surface area contributed by atoms with E-state index in [0.29, 0.717) is 34.9 Å². The van der Waals surface area contributed by atoms with Gasteiger partial charge in [-0.1, -0.05) is 29.3 Å². The zero-order valence-electron chi connectivity index (χ0n) is 14.3. The molecule has 7 heteroatoms. The minimum atomic E-state index is -1.30. The topological polar surface area (TPSA) is 61.8 Å². The molecule has 138 valence electrons. The highest BCUT2D eigenvalue weighted by Crippen LogP contribution is 2.35. The molecule has 1 aliphatic rings. The Morgan fingerprint density at radius 3 is 2.72 bits per heavy atom. The van der Waals surface area contributed by atoms with Gasteiger partial charge < -0.3 is 14.2 Å². The molecule has 0 N–H and O–H groups in total. The molecule has 0 heterocycles. The van der Waals surface area contributed by atoms with Gasteiger partial charge in [-0.05, 0) is 43.9 Å². The lowest BCUT2D eigenvalue weighted by Crippen LogP contribution is -2.50. The van der Waals surface area contributed by atoms with Gasteiger partial charge in [0, 0.05) is 23.6 Å². The Kier molecular flexibility index (Phi) is 7.11. The minimum absolute atomic E-state index is 0.0468. The van der Waals surface area contributed by atoms with E-state index in [9.17, 15) is 9.59 Å². The Hall–Kier alpha value is -1.30. The second-order valence-electron chi connectivity index (χ2n) is 6.06. The van der Waals surface area contributed by atoms with Crippen molar-refractivity contribution >= 4 is 35.1 Å². The molecule has 2 atom stereocenters. The Morgan fingerprint density at radius 1 is 1.32 bits per heavy atom. The largest absolute Gasteiger partial charge is 0.463 e. The second kappa shape index (κ2) is 8.88. The van der Waals surface area contributed by atoms with Crippen molar-refractivity contribution in [1.82, 2.24) is 0 Å². The van der Waals surface area contributed by atoms with Gasteiger partial charge in [0.25, 0.3) is 0 Å². The summed E-state index contributed by atoms with van der Waals surface area (Å²) >= 11 is 12.0. The summed E-state index contributed by atoms with van der Waals surface area (Å²) in [4.78, 5) is 24.9. The third-order valence-corrected chi connectivity index (χ3v) is 4.89. The van der Waals surface area contributed by atoms with Gasteiger partial charge in [-0.3, -0.25) is 4.79 Å². The molecular weight excluding hydrogens is 367 g/mol. The monoisotopic (exact) mass is 388 g/mol. The standard InChI is InChI=1S/C18H22Cl2O5/c1-3-24-17(22)18(8-4-5-14(11-18)23-2)25-16(21)9-12-6-7-13(19)10-15(12)20/h6-7,10,14H,3-5,8-9,11H2,1-2H3. The molecule has 2 rings (SSSR count). The molecule has 1 aromatic rings. The smallest absolute Gasteiger partial charge is 0.350 e. The Morgan fingerprint density at radius 2 is 2.08 bits per heavy atom. The van der Waals surface area contributed by atoms with Crippen molar-refractivity contribution < 1.29 is 23.8 Å². The number of methoxy groups -OCH3 is 1. The lowest BCUT2D eigenvalue weighted by molar-refractivity contribution is -0.191. The highest BCUT2D eigenvalue weighted by atomic mass is 35.5. The first-order valence-corrected chi connectivity index (χ1v) is 9.01. The quantitative estimate of drug-likeness (QED) is 0.689. The van der Waals surface area contributed by atoms with Crippen LogP contribution in [0.3, 0.4) is 0 Å². The van der Waals surface area contributed by atoms with Gasteiger partial charge >= 0.3 is 11.9 Å². The predicted molar refractivity (Wildman–Crippen MR) is 94.9 cm³/mol. The van der Waals surface area contributed by atoms with Crippen LogP contribution >= 0.6 is 23.2 Å². The van der Waals surface area contributed by atoms with Crippen molar-refractivity contribution in [3.05, 3.63) is 33.8 Å². The van der Waals surface area contributed by atoms with E-state index in [1.807, 2.05) is 0 Å². The zero-order chi connectivity index (χ0) is 18.4. The molecule has 1 fully saturated rings. The molecule has 0 aliphatic heterocycles. The highest BCUT2D eigenvalue weighted by Gasteiger charge is 2.48. The summed E-state index contributed by atoms with van der Waals surface area (Å²) in [6.07, 6.45) is 2.05. The fraction of sp³-hybridized carbons (Fsp3) is 0.556. The van der Waals surface area contributed by atoms with Crippen molar-refractivity contribution in [2.45, 2.75) is 50.7 Å². The van der Waals surface area contributed by atoms with Gasteiger partial charge in [-0.25, -0.2) is 4.79 Å². The van der Waals surface area contributed by atoms with E-state index in [0.717, 1.165) is 6.42 Å². The number of benzene rings is 1. The third-order valence-electron chi connectivity index (χ3n) is 4.30. The van der Waals surface area contributed by atoms with Gasteiger partial charge in [0.15, 0.2) is 0 Å². The maximum atomic E-state index is 12.5. The summed E-state index contributed by atoms with van der Waals surface area (Å²) < 4.78 is 16.2. The van der Waals surface area contributed by atoms with Gasteiger partial charge in [-0.15, -0.1) is 0 Å². The fourth-order valence-electron chi connectivity index (χ4n) is 3.05. The van der Waals surface area contributed by atoms with Crippen LogP contribution in [-0.2, 0) is 30.2 Å². The van der Waals surface area contributed by atoms with E-state index in [4.69, 9.17) is 37.4 Å². The number of hydrogen-bond acceptors (Lipinski definition) is 5. The van der Waals surface area contributed by atoms with Crippen molar-refractivity contribution in [3.63, 3.8) is 0 Å². The normalized spacial score (nSPS) is 23.1. The number of halogens is 2. The molecule has 0 amide bonds. The lowest BCUT2D eigenvalue weighted by atomic mass is 9.82. The highest BCUT2D eigenvalue weighted by molar-refractivity contribution is 6.35. The minimum Gasteiger partial charge on any atom is -0.463 e. The Bertz CT molecular complexity index is 634. The summed E-state index contributed by atoms with van der Waals surface area (Å²) in [6, 6.07) is 4.88. The second-order valence-corrected chi connectivity index (χ2v) is 6.90. The average molecular weight is 389 g/mol. The van der Waals surface area contributed by atoms with Crippen molar-refractivity contribution in [2.75, 3.05) is 13.7 Å². The van der Waals surface area contributed by atoms with Crippen LogP contribution in [0.1, 0.15) is 38.2 Å². The molecule has 0 bridgehead atoms. The van der Waals surface area contributed by atoms with Crippen LogP contribution in [0, 0.1) is 0 Å². The number of carbonyl (C=O) groups excluding carboxylic acids is 2. The SMILES string of the molecule is CCOC(=O)C1(OC(=O)Cc2ccc(Cl)cc2Cl)CCCC(OC)C1. The van der Waals surface area contributed by atoms with Crippen molar-refractivity contribution in [3.8, 4) is 0 Å². The van der Waals surface area contributed by atoms with E-state index < -0.39 is 17.5 Å². The molecule has 5 nitrogen and oxygen atoms in total. The van der Waals surface area contributed by atoms with Gasteiger partial charge in [-0.2, -0.15) is 0 Å². The van der Waals surface area contributed by atoms with Crippen molar-refractivity contribution in [1.29, 1.82) is 0 Å². The van der Waals surface area contributed by atoms with E-state index in [2.05, 4.69) is 0 Å². The number of hydrogen-bond donors (Lipinski definition) is 0. The maximum Gasteiger partial charge on any atom is 0.350 e. The molecule has 1 saturated carbocycles. The molecule has 1 aromatic carbocycles. The Balaban J connectivity index is 2.15. The first-order chi connectivity index (χ1) is 11.9. The maximum absolute atomic E-state index is 12.5. The summed E-state index contributed by atoms with van der Waals surface area (Å²) in [5.41, 5.74) is -0.709. The molecule has 0 spiro atoms.